The van der Waals surface area contributed by atoms with E-state index in [1.807, 2.05) is 24.5 Å². The number of fused-ring (bicyclic) bond motifs is 1. The number of hydrogen-bond acceptors (Lipinski definition) is 5. The monoisotopic (exact) mass is 540 g/mol. The van der Waals surface area contributed by atoms with E-state index in [-0.39, 0.29) is 11.2 Å². The minimum absolute atomic E-state index is 0.193. The van der Waals surface area contributed by atoms with Crippen molar-refractivity contribution in [1.29, 1.82) is 0 Å². The Morgan fingerprint density at radius 1 is 0.923 bits per heavy atom. The smallest absolute Gasteiger partial charge is 0.435 e. The molecule has 1 fully saturated rings. The van der Waals surface area contributed by atoms with Gasteiger partial charge in [0.1, 0.15) is 11.3 Å². The number of alkyl halides is 3. The van der Waals surface area contributed by atoms with Gasteiger partial charge in [0.15, 0.2) is 35.6 Å². The van der Waals surface area contributed by atoms with Crippen molar-refractivity contribution in [2.45, 2.75) is 44.9 Å². The Morgan fingerprint density at radius 2 is 1.59 bits per heavy atom. The molecule has 1 aliphatic rings. The van der Waals surface area contributed by atoms with Crippen molar-refractivity contribution in [3.63, 3.8) is 0 Å². The molecule has 0 spiro atoms. The first-order valence-corrected chi connectivity index (χ1v) is 13.0. The van der Waals surface area contributed by atoms with Crippen molar-refractivity contribution in [2.75, 3.05) is 27.3 Å². The molecule has 5 rings (SSSR count). The molecule has 0 N–H and O–H groups in total. The van der Waals surface area contributed by atoms with Crippen LogP contribution in [0.5, 0.6) is 11.5 Å². The first-order chi connectivity index (χ1) is 18.6. The van der Waals surface area contributed by atoms with Gasteiger partial charge in [0.25, 0.3) is 0 Å². The number of nitrogens with zero attached hydrogens (tertiary/aromatic N) is 5. The molecule has 0 saturated carbocycles. The molecule has 0 amide bonds. The van der Waals surface area contributed by atoms with Gasteiger partial charge in [0.05, 0.1) is 25.4 Å². The van der Waals surface area contributed by atoms with Crippen LogP contribution < -0.4 is 14.0 Å². The molecule has 10 heteroatoms. The van der Waals surface area contributed by atoms with Gasteiger partial charge >= 0.3 is 6.18 Å². The first-order valence-electron chi connectivity index (χ1n) is 13.0. The lowest BCUT2D eigenvalue weighted by Gasteiger charge is -2.32. The summed E-state index contributed by atoms with van der Waals surface area (Å²) in [5, 5.41) is 0. The van der Waals surface area contributed by atoms with E-state index >= 15 is 0 Å². The zero-order valence-electron chi connectivity index (χ0n) is 22.8. The molecule has 0 unspecified atom stereocenters. The molecule has 206 valence electrons. The van der Waals surface area contributed by atoms with Gasteiger partial charge in [-0.05, 0) is 38.1 Å². The van der Waals surface area contributed by atoms with E-state index in [0.717, 1.165) is 25.9 Å². The minimum Gasteiger partial charge on any atom is -0.493 e. The van der Waals surface area contributed by atoms with E-state index in [0.29, 0.717) is 46.1 Å². The van der Waals surface area contributed by atoms with Crippen molar-refractivity contribution in [3.8, 4) is 34.1 Å². The third kappa shape index (κ3) is 5.17. The molecule has 0 aliphatic carbocycles. The molecule has 0 atom stereocenters. The van der Waals surface area contributed by atoms with Crippen LogP contribution in [0.1, 0.15) is 38.4 Å². The predicted octanol–water partition coefficient (Wildman–Crippen LogP) is 5.67. The fourth-order valence-corrected chi connectivity index (χ4v) is 5.32. The summed E-state index contributed by atoms with van der Waals surface area (Å²) in [6, 6.07) is 11.4. The van der Waals surface area contributed by atoms with Crippen LogP contribution in [0, 0.1) is 0 Å². The van der Waals surface area contributed by atoms with E-state index in [9.17, 15) is 13.2 Å². The highest BCUT2D eigenvalue weighted by Gasteiger charge is 2.37. The summed E-state index contributed by atoms with van der Waals surface area (Å²) < 4.78 is 57.1. The minimum atomic E-state index is -4.67. The molecule has 1 saturated heterocycles. The summed E-state index contributed by atoms with van der Waals surface area (Å²) in [4.78, 5) is 10.9. The zero-order chi connectivity index (χ0) is 27.9. The Balaban J connectivity index is 1.53. The number of benzene rings is 1. The van der Waals surface area contributed by atoms with Gasteiger partial charge in [-0.3, -0.25) is 0 Å². The van der Waals surface area contributed by atoms with E-state index in [2.05, 4.69) is 33.3 Å². The van der Waals surface area contributed by atoms with Crippen LogP contribution in [0.15, 0.2) is 48.8 Å². The number of piperidine rings is 1. The maximum atomic E-state index is 14.2. The lowest BCUT2D eigenvalue weighted by molar-refractivity contribution is -0.725. The second-order valence-electron chi connectivity index (χ2n) is 10.2. The predicted molar refractivity (Wildman–Crippen MR) is 143 cm³/mol. The number of likely N-dealkylation sites (tertiary alicyclic amines) is 1. The number of methoxy groups -OCH3 is 2. The van der Waals surface area contributed by atoms with Gasteiger partial charge in [-0.2, -0.15) is 13.2 Å². The van der Waals surface area contributed by atoms with Crippen LogP contribution in [0.3, 0.4) is 0 Å². The van der Waals surface area contributed by atoms with E-state index in [4.69, 9.17) is 9.47 Å². The van der Waals surface area contributed by atoms with Crippen LogP contribution in [0.25, 0.3) is 33.7 Å². The zero-order valence-corrected chi connectivity index (χ0v) is 22.8. The Hall–Kier alpha value is -3.66. The van der Waals surface area contributed by atoms with E-state index < -0.39 is 11.9 Å². The molecule has 0 radical (unpaired) electrons. The SMILES string of the molecule is COc1ccc(-c2nc3c(C(F)(F)F)nc(-c4cc[n+](C5CCN(C(C)C)CC5)cc4)cc3n2C)cc1OC. The highest BCUT2D eigenvalue weighted by Crippen LogP contribution is 2.38. The highest BCUT2D eigenvalue weighted by molar-refractivity contribution is 5.86. The van der Waals surface area contributed by atoms with Gasteiger partial charge in [0, 0.05) is 62.3 Å². The molecule has 39 heavy (non-hydrogen) atoms. The number of hydrogen-bond donors (Lipinski definition) is 0. The van der Waals surface area contributed by atoms with Gasteiger partial charge < -0.3 is 18.9 Å². The molecule has 3 aromatic heterocycles. The number of imidazole rings is 1. The van der Waals surface area contributed by atoms with Crippen LogP contribution in [-0.4, -0.2) is 52.8 Å². The van der Waals surface area contributed by atoms with E-state index in [1.54, 1.807) is 35.9 Å². The summed E-state index contributed by atoms with van der Waals surface area (Å²) in [6.07, 6.45) is 1.30. The fraction of sp³-hybridized carbons (Fsp3) is 0.414. The lowest BCUT2D eigenvalue weighted by atomic mass is 10.0. The van der Waals surface area contributed by atoms with Crippen molar-refractivity contribution < 1.29 is 27.2 Å². The van der Waals surface area contributed by atoms with Crippen LogP contribution in [0.4, 0.5) is 13.2 Å². The van der Waals surface area contributed by atoms with Crippen LogP contribution in [0.2, 0.25) is 0 Å². The molecule has 0 bridgehead atoms. The van der Waals surface area contributed by atoms with Crippen LogP contribution >= 0.6 is 0 Å². The standard InChI is InChI=1S/C29H33F3N5O2/c1-18(2)36-14-10-21(11-15-36)37-12-8-19(9-13-37)22-17-23-26(27(33-22)29(30,31)32)34-28(35(23)3)20-6-7-24(38-4)25(16-20)39-5/h6-9,12-13,16-18,21H,10-11,14-15H2,1-5H3/q+1. The second kappa shape index (κ2) is 10.5. The third-order valence-electron chi connectivity index (χ3n) is 7.58. The van der Waals surface area contributed by atoms with Crippen molar-refractivity contribution in [3.05, 3.63) is 54.5 Å². The first kappa shape index (κ1) is 26.9. The van der Waals surface area contributed by atoms with Crippen LogP contribution in [-0.2, 0) is 13.2 Å². The summed E-state index contributed by atoms with van der Waals surface area (Å²) >= 11 is 0. The topological polar surface area (TPSA) is 56.3 Å². The number of rotatable bonds is 6. The lowest BCUT2D eigenvalue weighted by Crippen LogP contribution is -2.47. The number of aromatic nitrogens is 4. The molecule has 1 aromatic carbocycles. The Kier molecular flexibility index (Phi) is 7.24. The summed E-state index contributed by atoms with van der Waals surface area (Å²) in [6.45, 7) is 6.49. The summed E-state index contributed by atoms with van der Waals surface area (Å²) in [5.41, 5.74) is 0.613. The highest BCUT2D eigenvalue weighted by atomic mass is 19.4. The molecule has 4 heterocycles. The van der Waals surface area contributed by atoms with Gasteiger partial charge in [0.2, 0.25) is 0 Å². The van der Waals surface area contributed by atoms with Crippen molar-refractivity contribution in [1.82, 2.24) is 19.4 Å². The Bertz CT molecular complexity index is 1470. The maximum absolute atomic E-state index is 14.2. The molecule has 4 aromatic rings. The van der Waals surface area contributed by atoms with Crippen molar-refractivity contribution >= 4 is 11.0 Å². The molecular formula is C29H33F3N5O2+. The number of halogens is 3. The number of pyridine rings is 2. The Labute approximate surface area is 225 Å². The molecule has 1 aliphatic heterocycles. The number of aryl methyl sites for hydroxylation is 1. The van der Waals surface area contributed by atoms with Crippen molar-refractivity contribution in [2.24, 2.45) is 7.05 Å². The molecular weight excluding hydrogens is 507 g/mol. The average Bonchev–Trinajstić information content (AvgIpc) is 3.27. The normalized spacial score (nSPS) is 15.3. The molecule has 7 nitrogen and oxygen atoms in total. The van der Waals surface area contributed by atoms with Gasteiger partial charge in [-0.1, -0.05) is 0 Å². The van der Waals surface area contributed by atoms with Gasteiger partial charge in [-0.25, -0.2) is 14.5 Å². The Morgan fingerprint density at radius 3 is 2.18 bits per heavy atom. The van der Waals surface area contributed by atoms with E-state index in [1.165, 1.54) is 14.2 Å². The van der Waals surface area contributed by atoms with Gasteiger partial charge in [-0.15, -0.1) is 0 Å². The fourth-order valence-electron chi connectivity index (χ4n) is 5.32. The third-order valence-corrected chi connectivity index (χ3v) is 7.58. The average molecular weight is 541 g/mol. The largest absolute Gasteiger partial charge is 0.493 e. The quantitative estimate of drug-likeness (QED) is 0.295. The maximum Gasteiger partial charge on any atom is 0.435 e. The summed E-state index contributed by atoms with van der Waals surface area (Å²) in [7, 11) is 4.73. The second-order valence-corrected chi connectivity index (χ2v) is 10.2. The summed E-state index contributed by atoms with van der Waals surface area (Å²) in [5.74, 6) is 1.35. The number of ether oxygens (including phenoxy) is 2.